The van der Waals surface area contributed by atoms with Gasteiger partial charge in [-0.05, 0) is 63.3 Å². The Hall–Kier alpha value is -4.66. The van der Waals surface area contributed by atoms with E-state index in [0.29, 0.717) is 0 Å². The molecule has 0 aliphatic rings. The Morgan fingerprint density at radius 3 is 1.89 bits per heavy atom. The second kappa shape index (κ2) is 7.44. The number of hydrogen-bond donors (Lipinski definition) is 0. The van der Waals surface area contributed by atoms with Crippen LogP contribution in [0.3, 0.4) is 0 Å². The molecule has 0 aliphatic heterocycles. The molecule has 38 heavy (non-hydrogen) atoms. The van der Waals surface area contributed by atoms with Crippen molar-refractivity contribution in [3.63, 3.8) is 0 Å². The van der Waals surface area contributed by atoms with E-state index in [1.165, 1.54) is 80.0 Å². The Morgan fingerprint density at radius 1 is 0.395 bits per heavy atom. The van der Waals surface area contributed by atoms with Gasteiger partial charge in [0.25, 0.3) is 0 Å². The molecule has 7 aromatic carbocycles. The van der Waals surface area contributed by atoms with Crippen LogP contribution < -0.4 is 0 Å². The number of aromatic nitrogens is 1. The molecule has 2 aromatic heterocycles. The van der Waals surface area contributed by atoms with Crippen LogP contribution in [-0.4, -0.2) is 4.57 Å². The summed E-state index contributed by atoms with van der Waals surface area (Å²) in [7, 11) is 0. The van der Waals surface area contributed by atoms with Gasteiger partial charge in [0, 0.05) is 42.0 Å². The molecule has 176 valence electrons. The van der Waals surface area contributed by atoms with Crippen LogP contribution in [0.2, 0.25) is 0 Å². The number of rotatable bonds is 1. The molecule has 0 amide bonds. The third-order valence-electron chi connectivity index (χ3n) is 8.15. The van der Waals surface area contributed by atoms with E-state index in [2.05, 4.69) is 132 Å². The van der Waals surface area contributed by atoms with Crippen molar-refractivity contribution in [1.29, 1.82) is 0 Å². The minimum absolute atomic E-state index is 1.19. The van der Waals surface area contributed by atoms with E-state index in [0.717, 1.165) is 0 Å². The van der Waals surface area contributed by atoms with Crippen molar-refractivity contribution in [2.75, 3.05) is 0 Å². The molecule has 0 N–H and O–H groups in total. The van der Waals surface area contributed by atoms with Gasteiger partial charge >= 0.3 is 0 Å². The van der Waals surface area contributed by atoms with E-state index < -0.39 is 0 Å². The van der Waals surface area contributed by atoms with Gasteiger partial charge in [0.15, 0.2) is 0 Å². The smallest absolute Gasteiger partial charge is 0.0547 e. The van der Waals surface area contributed by atoms with Crippen molar-refractivity contribution in [2.24, 2.45) is 0 Å². The first-order valence-corrected chi connectivity index (χ1v) is 13.9. The highest BCUT2D eigenvalue weighted by molar-refractivity contribution is 7.26. The lowest BCUT2D eigenvalue weighted by molar-refractivity contribution is 1.18. The summed E-state index contributed by atoms with van der Waals surface area (Å²) in [6.07, 6.45) is 0. The van der Waals surface area contributed by atoms with Gasteiger partial charge in [0.2, 0.25) is 0 Å². The zero-order valence-corrected chi connectivity index (χ0v) is 21.3. The molecule has 9 rings (SSSR count). The summed E-state index contributed by atoms with van der Waals surface area (Å²) in [4.78, 5) is 0. The SMILES string of the molecule is c1ccc(-n2c3ccccc3c3cc4c5ccccc5c5c(ccc6c7ccccc7sc65)c4cc32)cc1. The Labute approximate surface area is 222 Å². The lowest BCUT2D eigenvalue weighted by Crippen LogP contribution is -1.93. The topological polar surface area (TPSA) is 4.93 Å². The Kier molecular flexibility index (Phi) is 3.99. The molecule has 9 aromatic rings. The van der Waals surface area contributed by atoms with Gasteiger partial charge in [-0.25, -0.2) is 0 Å². The number of benzene rings is 7. The molecule has 1 nitrogen and oxygen atoms in total. The first-order chi connectivity index (χ1) is 18.9. The largest absolute Gasteiger partial charge is 0.309 e. The van der Waals surface area contributed by atoms with Crippen LogP contribution >= 0.6 is 11.3 Å². The highest BCUT2D eigenvalue weighted by Crippen LogP contribution is 2.46. The number of thiophene rings is 1. The summed E-state index contributed by atoms with van der Waals surface area (Å²) in [6, 6.07) is 46.8. The van der Waals surface area contributed by atoms with Gasteiger partial charge in [-0.3, -0.25) is 0 Å². The van der Waals surface area contributed by atoms with Crippen LogP contribution in [-0.2, 0) is 0 Å². The van der Waals surface area contributed by atoms with E-state index in [-0.39, 0.29) is 0 Å². The predicted molar refractivity (Wildman–Crippen MR) is 166 cm³/mol. The molecular weight excluding hydrogens is 478 g/mol. The maximum atomic E-state index is 2.44. The average molecular weight is 500 g/mol. The van der Waals surface area contributed by atoms with E-state index in [9.17, 15) is 0 Å². The lowest BCUT2D eigenvalue weighted by Gasteiger charge is -2.13. The van der Waals surface area contributed by atoms with Crippen LogP contribution in [0.25, 0.3) is 80.0 Å². The summed E-state index contributed by atoms with van der Waals surface area (Å²) < 4.78 is 5.15. The molecule has 0 fully saturated rings. The van der Waals surface area contributed by atoms with E-state index >= 15 is 0 Å². The molecule has 0 radical (unpaired) electrons. The van der Waals surface area contributed by atoms with Crippen LogP contribution in [0.15, 0.2) is 127 Å². The average Bonchev–Trinajstić information content (AvgIpc) is 3.52. The van der Waals surface area contributed by atoms with Gasteiger partial charge in [0.05, 0.1) is 11.0 Å². The maximum Gasteiger partial charge on any atom is 0.0547 e. The second-order valence-electron chi connectivity index (χ2n) is 10.1. The first kappa shape index (κ1) is 20.4. The van der Waals surface area contributed by atoms with Gasteiger partial charge in [-0.2, -0.15) is 0 Å². The highest BCUT2D eigenvalue weighted by atomic mass is 32.1. The Morgan fingerprint density at radius 2 is 1.03 bits per heavy atom. The number of hydrogen-bond acceptors (Lipinski definition) is 1. The van der Waals surface area contributed by atoms with Crippen molar-refractivity contribution in [2.45, 2.75) is 0 Å². The zero-order valence-electron chi connectivity index (χ0n) is 20.5. The summed E-state index contributed by atoms with van der Waals surface area (Å²) in [5.41, 5.74) is 3.68. The standard InChI is InChI=1S/C36H21NS/c1-2-10-22(11-3-1)37-32-16-8-6-13-24(32)31-20-29-23-12-4-5-15-26(23)35-27(30(29)21-33(31)37)18-19-28-25-14-7-9-17-34(25)38-36(28)35/h1-21H. The van der Waals surface area contributed by atoms with Gasteiger partial charge in [-0.1, -0.05) is 91.0 Å². The molecule has 0 unspecified atom stereocenters. The Balaban J connectivity index is 1.55. The van der Waals surface area contributed by atoms with Gasteiger partial charge in [0.1, 0.15) is 0 Å². The Bertz CT molecular complexity index is 2390. The molecule has 0 bridgehead atoms. The van der Waals surface area contributed by atoms with Gasteiger partial charge in [-0.15, -0.1) is 11.3 Å². The first-order valence-electron chi connectivity index (χ1n) is 13.0. The van der Waals surface area contributed by atoms with E-state index in [1.807, 2.05) is 11.3 Å². The van der Waals surface area contributed by atoms with Crippen LogP contribution in [0.5, 0.6) is 0 Å². The summed E-state index contributed by atoms with van der Waals surface area (Å²) in [5, 5.41) is 13.2. The normalized spacial score (nSPS) is 12.2. The van der Waals surface area contributed by atoms with Gasteiger partial charge < -0.3 is 4.57 Å². The summed E-state index contributed by atoms with van der Waals surface area (Å²) >= 11 is 1.92. The second-order valence-corrected chi connectivity index (χ2v) is 11.2. The van der Waals surface area contributed by atoms with Crippen LogP contribution in [0.4, 0.5) is 0 Å². The predicted octanol–water partition coefficient (Wildman–Crippen LogP) is 10.6. The fourth-order valence-electron chi connectivity index (χ4n) is 6.53. The molecule has 2 heteroatoms. The maximum absolute atomic E-state index is 2.44. The van der Waals surface area contributed by atoms with Crippen molar-refractivity contribution >= 4 is 85.6 Å². The van der Waals surface area contributed by atoms with Crippen molar-refractivity contribution in [1.82, 2.24) is 4.57 Å². The van der Waals surface area contributed by atoms with Crippen LogP contribution in [0.1, 0.15) is 0 Å². The molecule has 0 spiro atoms. The third kappa shape index (κ3) is 2.60. The quantitative estimate of drug-likeness (QED) is 0.198. The molecule has 2 heterocycles. The third-order valence-corrected chi connectivity index (χ3v) is 9.35. The number of para-hydroxylation sites is 2. The van der Waals surface area contributed by atoms with Crippen molar-refractivity contribution < 1.29 is 0 Å². The minimum Gasteiger partial charge on any atom is -0.309 e. The minimum atomic E-state index is 1.19. The van der Waals surface area contributed by atoms with Crippen LogP contribution in [0, 0.1) is 0 Å². The van der Waals surface area contributed by atoms with Crippen molar-refractivity contribution in [3.8, 4) is 5.69 Å². The molecule has 0 saturated heterocycles. The molecule has 0 aliphatic carbocycles. The molecular formula is C36H21NS. The lowest BCUT2D eigenvalue weighted by atomic mass is 9.92. The molecule has 0 saturated carbocycles. The fraction of sp³-hybridized carbons (Fsp3) is 0. The summed E-state index contributed by atoms with van der Waals surface area (Å²) in [5.74, 6) is 0. The molecule has 0 atom stereocenters. The monoisotopic (exact) mass is 499 g/mol. The van der Waals surface area contributed by atoms with E-state index in [4.69, 9.17) is 0 Å². The highest BCUT2D eigenvalue weighted by Gasteiger charge is 2.18. The number of fused-ring (bicyclic) bond motifs is 13. The zero-order chi connectivity index (χ0) is 24.8. The summed E-state index contributed by atoms with van der Waals surface area (Å²) in [6.45, 7) is 0. The fourth-order valence-corrected chi connectivity index (χ4v) is 7.80. The number of nitrogens with zero attached hydrogens (tertiary/aromatic N) is 1. The van der Waals surface area contributed by atoms with Crippen molar-refractivity contribution in [3.05, 3.63) is 127 Å². The van der Waals surface area contributed by atoms with E-state index in [1.54, 1.807) is 0 Å².